The van der Waals surface area contributed by atoms with Crippen LogP contribution < -0.4 is 36.3 Å². The van der Waals surface area contributed by atoms with Crippen molar-refractivity contribution in [2.24, 2.45) is 5.92 Å². The third-order valence-corrected chi connectivity index (χ3v) is 15.3. The van der Waals surface area contributed by atoms with Crippen molar-refractivity contribution in [2.75, 3.05) is 59.9 Å². The zero-order chi connectivity index (χ0) is 53.7. The highest BCUT2D eigenvalue weighted by Crippen LogP contribution is 2.43. The number of ether oxygens (including phenoxy) is 4. The van der Waals surface area contributed by atoms with E-state index in [-0.39, 0.29) is 81.2 Å². The highest BCUT2D eigenvalue weighted by Gasteiger charge is 2.47. The molecule has 2 saturated heterocycles. The van der Waals surface area contributed by atoms with Gasteiger partial charge in [0.15, 0.2) is 21.9 Å². The molecule has 4 amide bonds. The molecule has 0 saturated carbocycles. The number of likely N-dealkylation sites (tertiary alicyclic amines) is 2. The molecule has 5 aliphatic heterocycles. The quantitative estimate of drug-likeness (QED) is 0.0257. The Labute approximate surface area is 444 Å². The number of fused-ring (bicyclic) bond motifs is 6. The Morgan fingerprint density at radius 1 is 1.03 bits per heavy atom. The number of nitrogens with one attached hydrogen (secondary N) is 5. The van der Waals surface area contributed by atoms with E-state index in [9.17, 15) is 33.9 Å². The van der Waals surface area contributed by atoms with Gasteiger partial charge in [0.2, 0.25) is 30.4 Å². The van der Waals surface area contributed by atoms with Gasteiger partial charge < -0.3 is 64.7 Å². The molecule has 0 radical (unpaired) electrons. The maximum atomic E-state index is 14.3. The highest BCUT2D eigenvalue weighted by atomic mass is 32.1. The fraction of sp³-hybridized carbons (Fsp3) is 0.500. The first-order chi connectivity index (χ1) is 36.6. The number of benzene rings is 1. The summed E-state index contributed by atoms with van der Waals surface area (Å²) in [6.45, 7) is 7.87. The van der Waals surface area contributed by atoms with Crippen molar-refractivity contribution in [1.82, 2.24) is 50.6 Å². The first-order valence-corrected chi connectivity index (χ1v) is 26.3. The number of rotatable bonds is 17. The van der Waals surface area contributed by atoms with Crippen LogP contribution in [0, 0.1) is 22.5 Å². The predicted molar refractivity (Wildman–Crippen MR) is 281 cm³/mol. The molecule has 2 fully saturated rings. The van der Waals surface area contributed by atoms with Crippen molar-refractivity contribution in [2.45, 2.75) is 109 Å². The Balaban J connectivity index is 0.822. The summed E-state index contributed by atoms with van der Waals surface area (Å²) in [5, 5.41) is 23.5. The standard InChI is InChI=1S/C54H64N10O11S/c1-5-54(71)39-23-41-47-37(28-64(41)49(68)38(39)29-73-51(54)70)35(36-22-42-43(75-31-74-42)24-40(36)59-47)11-9-21-72-30-58-45(66)27-55-50(69)53(15-19-63(20-16-53)34-13-17-62(4)18-14-34)61-48(67)46(32(2)3)60-44(65)12-8-6-7-10-33-25-56-52(76)57-26-33/h9,11,22-26,32,34,46,71H,5-6,8,12-21,27-31H2,1-4H3,(H,55,69)(H,58,66)(H,60,65)(H,61,67)(H,56,57,76)/b11-9+/t46-,54-/m0/s1. The first kappa shape index (κ1) is 53.8. The minimum absolute atomic E-state index is 0.0120. The number of hydrogen-bond donors (Lipinski definition) is 6. The van der Waals surface area contributed by atoms with Crippen molar-refractivity contribution in [3.8, 4) is 34.7 Å². The SMILES string of the molecule is CC[C@@]1(O)C(=O)OCc2c1cc1n(c2=O)Cc2c-1nc1cc3c(cc1c2/C=C/COCNC(=O)CNC(=O)C1(NC(=O)[C@@H](NC(=O)CCCC#Cc2cnc(=S)[nH]c2)C(C)C)CCN(C2CCN(C)CC2)CC1)OCO3. The van der Waals surface area contributed by atoms with Crippen LogP contribution in [0.2, 0.25) is 0 Å². The fourth-order valence-electron chi connectivity index (χ4n) is 10.6. The molecule has 1 aromatic carbocycles. The molecule has 5 aliphatic rings. The molecular formula is C54H64N10O11S. The Hall–Kier alpha value is -7.03. The lowest BCUT2D eigenvalue weighted by molar-refractivity contribution is -0.172. The number of amides is 4. The van der Waals surface area contributed by atoms with Gasteiger partial charge in [-0.15, -0.1) is 0 Å². The van der Waals surface area contributed by atoms with Crippen LogP contribution in [0.15, 0.2) is 41.5 Å². The number of cyclic esters (lactones) is 1. The van der Waals surface area contributed by atoms with Gasteiger partial charge in [0.25, 0.3) is 5.56 Å². The van der Waals surface area contributed by atoms with E-state index in [1.54, 1.807) is 42.1 Å². The summed E-state index contributed by atoms with van der Waals surface area (Å²) in [5.41, 5.74) is 0.390. The molecule has 0 bridgehead atoms. The summed E-state index contributed by atoms with van der Waals surface area (Å²) >= 11 is 4.97. The molecule has 0 spiro atoms. The number of aromatic nitrogens is 4. The van der Waals surface area contributed by atoms with Gasteiger partial charge in [-0.2, -0.15) is 0 Å². The topological polar surface area (TPSA) is 261 Å². The third kappa shape index (κ3) is 11.4. The maximum Gasteiger partial charge on any atom is 0.343 e. The van der Waals surface area contributed by atoms with Crippen LogP contribution >= 0.6 is 12.2 Å². The van der Waals surface area contributed by atoms with Crippen molar-refractivity contribution in [3.05, 3.63) is 79.6 Å². The number of aromatic amines is 1. The van der Waals surface area contributed by atoms with Gasteiger partial charge in [-0.05, 0) is 94.5 Å². The van der Waals surface area contributed by atoms with Crippen molar-refractivity contribution >= 4 is 58.8 Å². The Bertz CT molecular complexity index is 3130. The van der Waals surface area contributed by atoms with Gasteiger partial charge in [0, 0.05) is 66.9 Å². The number of carbonyl (C=O) groups is 5. The lowest BCUT2D eigenvalue weighted by atomic mass is 9.84. The smallest absolute Gasteiger partial charge is 0.343 e. The molecule has 4 aromatic rings. The second-order valence-corrected chi connectivity index (χ2v) is 20.7. The summed E-state index contributed by atoms with van der Waals surface area (Å²) in [6, 6.07) is 4.70. The minimum Gasteiger partial charge on any atom is -0.458 e. The number of aliphatic hydroxyl groups is 1. The zero-order valence-electron chi connectivity index (χ0n) is 43.2. The van der Waals surface area contributed by atoms with E-state index in [2.05, 4.69) is 59.9 Å². The minimum atomic E-state index is -1.98. The summed E-state index contributed by atoms with van der Waals surface area (Å²) in [5.74, 6) is 4.19. The Morgan fingerprint density at radius 3 is 2.51 bits per heavy atom. The van der Waals surface area contributed by atoms with E-state index in [1.807, 2.05) is 26.0 Å². The molecular weight excluding hydrogens is 997 g/mol. The van der Waals surface area contributed by atoms with Crippen molar-refractivity contribution < 1.29 is 48.0 Å². The summed E-state index contributed by atoms with van der Waals surface area (Å²) in [6.07, 6.45) is 10.6. The fourth-order valence-corrected chi connectivity index (χ4v) is 10.7. The van der Waals surface area contributed by atoms with Crippen LogP contribution in [-0.4, -0.2) is 142 Å². The second-order valence-electron chi connectivity index (χ2n) is 20.3. The number of nitrogens with zero attached hydrogens (tertiary/aromatic N) is 5. The molecule has 9 rings (SSSR count). The molecule has 0 unspecified atom stereocenters. The normalized spacial score (nSPS) is 19.3. The number of H-pyrrole nitrogens is 1. The van der Waals surface area contributed by atoms with Crippen LogP contribution in [0.25, 0.3) is 28.4 Å². The van der Waals surface area contributed by atoms with Gasteiger partial charge in [-0.1, -0.05) is 44.8 Å². The van der Waals surface area contributed by atoms with E-state index >= 15 is 0 Å². The van der Waals surface area contributed by atoms with E-state index < -0.39 is 40.9 Å². The van der Waals surface area contributed by atoms with Gasteiger partial charge in [0.05, 0.1) is 47.7 Å². The molecule has 22 heteroatoms. The van der Waals surface area contributed by atoms with E-state index in [4.69, 9.17) is 36.1 Å². The monoisotopic (exact) mass is 1060 g/mol. The first-order valence-electron chi connectivity index (χ1n) is 25.9. The number of hydrogen-bond acceptors (Lipinski definition) is 16. The maximum absolute atomic E-state index is 14.3. The summed E-state index contributed by atoms with van der Waals surface area (Å²) < 4.78 is 24.3. The average Bonchev–Trinajstić information content (AvgIpc) is 4.09. The Morgan fingerprint density at radius 2 is 1.79 bits per heavy atom. The molecule has 76 heavy (non-hydrogen) atoms. The van der Waals surface area contributed by atoms with Gasteiger partial charge >= 0.3 is 5.97 Å². The lowest BCUT2D eigenvalue weighted by Crippen LogP contribution is -2.67. The van der Waals surface area contributed by atoms with Crippen molar-refractivity contribution in [3.63, 3.8) is 0 Å². The number of carbonyl (C=O) groups excluding carboxylic acids is 5. The number of piperidine rings is 2. The summed E-state index contributed by atoms with van der Waals surface area (Å²) in [4.78, 5) is 98.0. The summed E-state index contributed by atoms with van der Waals surface area (Å²) in [7, 11) is 2.11. The third-order valence-electron chi connectivity index (χ3n) is 15.0. The van der Waals surface area contributed by atoms with E-state index in [0.29, 0.717) is 83.6 Å². The molecule has 8 heterocycles. The van der Waals surface area contributed by atoms with Gasteiger partial charge in [-0.3, -0.25) is 24.0 Å². The number of esters is 1. The number of unbranched alkanes of at least 4 members (excludes halogenated alkanes) is 1. The molecule has 2 atom stereocenters. The highest BCUT2D eigenvalue weighted by molar-refractivity contribution is 7.71. The van der Waals surface area contributed by atoms with Gasteiger partial charge in [-0.25, -0.2) is 14.8 Å². The van der Waals surface area contributed by atoms with Gasteiger partial charge in [0.1, 0.15) is 24.9 Å². The van der Waals surface area contributed by atoms with Crippen LogP contribution in [0.3, 0.4) is 0 Å². The predicted octanol–water partition coefficient (Wildman–Crippen LogP) is 2.89. The second kappa shape index (κ2) is 23.1. The zero-order valence-corrected chi connectivity index (χ0v) is 44.0. The molecule has 0 aliphatic carbocycles. The van der Waals surface area contributed by atoms with Crippen LogP contribution in [0.5, 0.6) is 11.5 Å². The molecule has 21 nitrogen and oxygen atoms in total. The lowest BCUT2D eigenvalue weighted by Gasteiger charge is -2.45. The molecule has 3 aromatic heterocycles. The molecule has 402 valence electrons. The van der Waals surface area contributed by atoms with Crippen LogP contribution in [-0.2, 0) is 52.2 Å². The number of pyridine rings is 2. The van der Waals surface area contributed by atoms with Crippen molar-refractivity contribution in [1.29, 1.82) is 0 Å². The van der Waals surface area contributed by atoms with Crippen LogP contribution in [0.4, 0.5) is 0 Å². The van der Waals surface area contributed by atoms with Crippen LogP contribution in [0.1, 0.15) is 100.0 Å². The average molecular weight is 1060 g/mol. The molecule has 6 N–H and O–H groups in total. The Kier molecular flexibility index (Phi) is 16.3. The van der Waals surface area contributed by atoms with E-state index in [1.165, 1.54) is 0 Å². The largest absolute Gasteiger partial charge is 0.458 e. The van der Waals surface area contributed by atoms with E-state index in [0.717, 1.165) is 42.4 Å².